The van der Waals surface area contributed by atoms with Crippen molar-refractivity contribution in [3.63, 3.8) is 0 Å². The number of unbranched alkanes of at least 4 members (excludes halogenated alkanes) is 24. The van der Waals surface area contributed by atoms with Crippen LogP contribution < -0.4 is 0 Å². The van der Waals surface area contributed by atoms with E-state index < -0.39 is 0 Å². The zero-order valence-corrected chi connectivity index (χ0v) is 69.9. The molecule has 0 amide bonds. The topological polar surface area (TPSA) is 0 Å². The Morgan fingerprint density at radius 1 is 0.156 bits per heavy atom. The third kappa shape index (κ3) is 34.3. The first-order valence-electron chi connectivity index (χ1n) is 44.4. The van der Waals surface area contributed by atoms with Gasteiger partial charge in [-0.15, -0.1) is 70.6 Å². The highest BCUT2D eigenvalue weighted by Crippen LogP contribution is 2.58. The molecule has 6 saturated carbocycles. The zero-order chi connectivity index (χ0) is 67.3. The van der Waals surface area contributed by atoms with Crippen LogP contribution in [0.25, 0.3) is 0 Å². The summed E-state index contributed by atoms with van der Waals surface area (Å²) >= 11 is 14.9. The van der Waals surface area contributed by atoms with Gasteiger partial charge in [0.25, 0.3) is 0 Å². The van der Waals surface area contributed by atoms with Gasteiger partial charge in [0.1, 0.15) is 0 Å². The van der Waals surface area contributed by atoms with Crippen LogP contribution in [0.1, 0.15) is 427 Å². The summed E-state index contributed by atoms with van der Waals surface area (Å²) in [6.45, 7) is 14.3. The highest BCUT2D eigenvalue weighted by atomic mass is 32.2. The van der Waals surface area contributed by atoms with Crippen LogP contribution in [0.4, 0.5) is 0 Å². The molecule has 6 fully saturated rings. The van der Waals surface area contributed by atoms with Gasteiger partial charge in [-0.05, 0) is 148 Å². The molecule has 6 aliphatic carbocycles. The highest BCUT2D eigenvalue weighted by Gasteiger charge is 2.34. The van der Waals surface area contributed by atoms with E-state index in [1.807, 2.05) is 29.4 Å². The molecule has 558 valence electrons. The third-order valence-electron chi connectivity index (χ3n) is 26.1. The minimum atomic E-state index is 0.882. The van der Waals surface area contributed by atoms with Crippen LogP contribution in [-0.4, -0.2) is 34.5 Å². The summed E-state index contributed by atoms with van der Waals surface area (Å²) in [5.74, 6) is 19.4. The molecular formula is C90H162S6. The second kappa shape index (κ2) is 54.0. The van der Waals surface area contributed by atoms with E-state index in [9.17, 15) is 0 Å². The second-order valence-electron chi connectivity index (χ2n) is 34.4. The molecule has 0 atom stereocenters. The SMILES string of the molecule is CCCCCCCC1CCC(CSc2c(SCC3CCC(CCCCCCC)CC3)c(SCC3CCC(CCCCCCC)CC3)c(SCC3CCC(CCCCCCC)CC3)c(SCC3CCC(CCCCCCC)CC3)c2SCC2CCC(CCCCCCC)CC2)CC1. The number of rotatable bonds is 54. The van der Waals surface area contributed by atoms with Gasteiger partial charge in [-0.3, -0.25) is 0 Å². The molecule has 0 aliphatic heterocycles. The van der Waals surface area contributed by atoms with Crippen LogP contribution in [-0.2, 0) is 0 Å². The highest BCUT2D eigenvalue weighted by molar-refractivity contribution is 8.06. The van der Waals surface area contributed by atoms with E-state index in [0.717, 1.165) is 71.0 Å². The normalized spacial score (nSPS) is 26.8. The number of thioether (sulfide) groups is 6. The molecule has 1 aromatic rings. The van der Waals surface area contributed by atoms with Gasteiger partial charge in [0.05, 0.1) is 0 Å². The van der Waals surface area contributed by atoms with Gasteiger partial charge >= 0.3 is 0 Å². The van der Waals surface area contributed by atoms with E-state index in [4.69, 9.17) is 0 Å². The van der Waals surface area contributed by atoms with E-state index in [2.05, 4.69) is 112 Å². The molecule has 0 saturated heterocycles. The molecule has 6 aliphatic rings. The molecule has 1 aromatic carbocycles. The summed E-state index contributed by atoms with van der Waals surface area (Å²) in [5, 5.41) is 0. The smallest absolute Gasteiger partial charge is 0.0368 e. The lowest BCUT2D eigenvalue weighted by atomic mass is 9.80. The molecule has 7 rings (SSSR count). The van der Waals surface area contributed by atoms with E-state index in [-0.39, 0.29) is 0 Å². The first-order valence-corrected chi connectivity index (χ1v) is 50.3. The second-order valence-corrected chi connectivity index (χ2v) is 40.6. The minimum Gasteiger partial charge on any atom is -0.123 e. The maximum Gasteiger partial charge on any atom is 0.0368 e. The fourth-order valence-corrected chi connectivity index (χ4v) is 28.7. The van der Waals surface area contributed by atoms with Crippen molar-refractivity contribution in [2.75, 3.05) is 34.5 Å². The molecule has 6 heteroatoms. The Labute approximate surface area is 627 Å². The fourth-order valence-electron chi connectivity index (χ4n) is 19.0. The third-order valence-corrected chi connectivity index (χ3v) is 34.9. The van der Waals surface area contributed by atoms with Crippen molar-refractivity contribution >= 4 is 70.6 Å². The Hall–Kier alpha value is 1.32. The van der Waals surface area contributed by atoms with E-state index in [1.165, 1.54) is 420 Å². The van der Waals surface area contributed by atoms with Gasteiger partial charge in [-0.2, -0.15) is 0 Å². The average Bonchev–Trinajstić information content (AvgIpc) is 0.771. The van der Waals surface area contributed by atoms with Crippen LogP contribution in [0.15, 0.2) is 29.4 Å². The summed E-state index contributed by atoms with van der Waals surface area (Å²) in [5.41, 5.74) is 0. The van der Waals surface area contributed by atoms with Crippen molar-refractivity contribution in [3.8, 4) is 0 Å². The standard InChI is InChI=1S/C90H162S6/c1-7-13-19-25-31-37-73-43-55-79(56-44-73)67-91-85-86(92-68-80-57-45-74(46-58-80)38-32-26-20-14-8-2)88(94-70-82-61-49-76(50-62-82)40-34-28-22-16-10-4)90(96-72-84-65-53-78(54-66-84)42-36-30-24-18-12-6)89(95-71-83-63-51-77(52-64-83)41-35-29-23-17-11-5)87(85)93-69-81-59-47-75(48-60-81)39-33-27-21-15-9-3/h73-84H,7-72H2,1-6H3. The summed E-state index contributed by atoms with van der Waals surface area (Å²) in [4.78, 5) is 11.1. The maximum atomic E-state index is 2.48. The van der Waals surface area contributed by atoms with Gasteiger partial charge in [0.2, 0.25) is 0 Å². The molecule has 0 radical (unpaired) electrons. The van der Waals surface area contributed by atoms with Crippen molar-refractivity contribution in [2.45, 2.75) is 456 Å². The zero-order valence-electron chi connectivity index (χ0n) is 65.0. The number of benzene rings is 1. The van der Waals surface area contributed by atoms with Crippen molar-refractivity contribution in [1.82, 2.24) is 0 Å². The molecule has 0 aromatic heterocycles. The lowest BCUT2D eigenvalue weighted by Gasteiger charge is -2.33. The van der Waals surface area contributed by atoms with Crippen LogP contribution in [0, 0.1) is 71.0 Å². The maximum absolute atomic E-state index is 2.48. The average molecular weight is 1440 g/mol. The molecule has 0 heterocycles. The van der Waals surface area contributed by atoms with Crippen molar-refractivity contribution in [3.05, 3.63) is 0 Å². The lowest BCUT2D eigenvalue weighted by molar-refractivity contribution is 0.274. The summed E-state index contributed by atoms with van der Waals surface area (Å²) in [6, 6.07) is 0. The van der Waals surface area contributed by atoms with Crippen LogP contribution in [0.5, 0.6) is 0 Å². The van der Waals surface area contributed by atoms with Crippen molar-refractivity contribution in [1.29, 1.82) is 0 Å². The summed E-state index contributed by atoms with van der Waals surface area (Å²) < 4.78 is 0. The Morgan fingerprint density at radius 2 is 0.271 bits per heavy atom. The fraction of sp³-hybridized carbons (Fsp3) is 0.933. The monoisotopic (exact) mass is 1440 g/mol. The van der Waals surface area contributed by atoms with Crippen LogP contribution in [0.2, 0.25) is 0 Å². The predicted molar refractivity (Wildman–Crippen MR) is 444 cm³/mol. The Kier molecular flexibility index (Phi) is 47.6. The lowest BCUT2D eigenvalue weighted by Crippen LogP contribution is -2.18. The first kappa shape index (κ1) is 84.6. The van der Waals surface area contributed by atoms with E-state index in [1.54, 1.807) is 0 Å². The van der Waals surface area contributed by atoms with Gasteiger partial charge in [0, 0.05) is 63.9 Å². The van der Waals surface area contributed by atoms with E-state index >= 15 is 0 Å². The van der Waals surface area contributed by atoms with Gasteiger partial charge < -0.3 is 0 Å². The van der Waals surface area contributed by atoms with E-state index in [0.29, 0.717) is 0 Å². The number of hydrogen-bond donors (Lipinski definition) is 0. The van der Waals surface area contributed by atoms with Gasteiger partial charge in [-0.1, -0.05) is 350 Å². The molecular weight excluding hydrogens is 1270 g/mol. The van der Waals surface area contributed by atoms with Gasteiger partial charge in [0.15, 0.2) is 0 Å². The first-order chi connectivity index (χ1) is 47.4. The minimum absolute atomic E-state index is 0.882. The quantitative estimate of drug-likeness (QED) is 0.0468. The summed E-state index contributed by atoms with van der Waals surface area (Å²) in [7, 11) is 0. The van der Waals surface area contributed by atoms with Gasteiger partial charge in [-0.25, -0.2) is 0 Å². The molecule has 0 bridgehead atoms. The summed E-state index contributed by atoms with van der Waals surface area (Å²) in [6.07, 6.45) is 88.3. The molecule has 0 nitrogen and oxygen atoms in total. The van der Waals surface area contributed by atoms with Crippen molar-refractivity contribution < 1.29 is 0 Å². The largest absolute Gasteiger partial charge is 0.123 e. The van der Waals surface area contributed by atoms with Crippen LogP contribution >= 0.6 is 70.6 Å². The van der Waals surface area contributed by atoms with Crippen molar-refractivity contribution in [2.24, 2.45) is 71.0 Å². The number of hydrogen-bond acceptors (Lipinski definition) is 6. The molecule has 0 spiro atoms. The Balaban J connectivity index is 1.24. The van der Waals surface area contributed by atoms with Crippen LogP contribution in [0.3, 0.4) is 0 Å². The Morgan fingerprint density at radius 3 is 0.396 bits per heavy atom. The Bertz CT molecular complexity index is 1600. The molecule has 0 N–H and O–H groups in total. The molecule has 96 heavy (non-hydrogen) atoms. The predicted octanol–water partition coefficient (Wildman–Crippen LogP) is 33.2. The molecule has 0 unspecified atom stereocenters.